The van der Waals surface area contributed by atoms with E-state index in [0.717, 1.165) is 18.6 Å². The monoisotopic (exact) mass is 198 g/mol. The van der Waals surface area contributed by atoms with Gasteiger partial charge in [-0.2, -0.15) is 5.10 Å². The van der Waals surface area contributed by atoms with Crippen LogP contribution in [-0.4, -0.2) is 18.4 Å². The lowest BCUT2D eigenvalue weighted by Crippen LogP contribution is -2.22. The first-order valence-corrected chi connectivity index (χ1v) is 5.20. The van der Waals surface area contributed by atoms with Crippen molar-refractivity contribution in [3.8, 4) is 0 Å². The number of nitrogens with one attached hydrogen (secondary N) is 1. The molecule has 14 heavy (non-hydrogen) atoms. The van der Waals surface area contributed by atoms with E-state index in [-0.39, 0.29) is 0 Å². The highest BCUT2D eigenvalue weighted by molar-refractivity contribution is 5.86. The van der Waals surface area contributed by atoms with Gasteiger partial charge in [0.25, 0.3) is 0 Å². The summed E-state index contributed by atoms with van der Waals surface area (Å²) in [7, 11) is 0. The van der Waals surface area contributed by atoms with E-state index < -0.39 is 6.09 Å². The summed E-state index contributed by atoms with van der Waals surface area (Å²) in [6.07, 6.45) is 3.96. The van der Waals surface area contributed by atoms with Crippen LogP contribution < -0.4 is 5.43 Å². The van der Waals surface area contributed by atoms with Crippen LogP contribution >= 0.6 is 0 Å². The van der Waals surface area contributed by atoms with Crippen molar-refractivity contribution in [1.82, 2.24) is 5.43 Å². The van der Waals surface area contributed by atoms with E-state index in [1.165, 1.54) is 12.8 Å². The van der Waals surface area contributed by atoms with Crippen molar-refractivity contribution in [2.75, 3.05) is 6.61 Å². The summed E-state index contributed by atoms with van der Waals surface area (Å²) in [6.45, 7) is 4.36. The molecular formula is C10H18N2O2. The Morgan fingerprint density at radius 3 is 3.14 bits per heavy atom. The van der Waals surface area contributed by atoms with Gasteiger partial charge in [-0.25, -0.2) is 10.2 Å². The lowest BCUT2D eigenvalue weighted by molar-refractivity contribution is 0.152. The quantitative estimate of drug-likeness (QED) is 0.692. The van der Waals surface area contributed by atoms with Gasteiger partial charge in [-0.15, -0.1) is 0 Å². The van der Waals surface area contributed by atoms with E-state index in [0.29, 0.717) is 12.5 Å². The van der Waals surface area contributed by atoms with Gasteiger partial charge >= 0.3 is 6.09 Å². The molecule has 4 heteroatoms. The highest BCUT2D eigenvalue weighted by Crippen LogP contribution is 2.20. The maximum absolute atomic E-state index is 10.9. The van der Waals surface area contributed by atoms with Crippen LogP contribution in [0.3, 0.4) is 0 Å². The predicted molar refractivity (Wildman–Crippen MR) is 55.2 cm³/mol. The van der Waals surface area contributed by atoms with Gasteiger partial charge in [-0.1, -0.05) is 6.92 Å². The lowest BCUT2D eigenvalue weighted by Gasteiger charge is -2.18. The minimum Gasteiger partial charge on any atom is -0.449 e. The molecule has 4 nitrogen and oxygen atoms in total. The number of rotatable bonds is 2. The van der Waals surface area contributed by atoms with Crippen LogP contribution in [0.15, 0.2) is 5.10 Å². The van der Waals surface area contributed by atoms with E-state index >= 15 is 0 Å². The molecule has 0 saturated heterocycles. The van der Waals surface area contributed by atoms with Crippen LogP contribution in [0.4, 0.5) is 4.79 Å². The molecule has 0 heterocycles. The van der Waals surface area contributed by atoms with Crippen molar-refractivity contribution in [2.45, 2.75) is 39.5 Å². The largest absolute Gasteiger partial charge is 0.449 e. The fourth-order valence-corrected chi connectivity index (χ4v) is 1.65. The molecule has 1 aliphatic rings. The molecular weight excluding hydrogens is 180 g/mol. The molecule has 1 atom stereocenters. The third kappa shape index (κ3) is 3.77. The van der Waals surface area contributed by atoms with Crippen molar-refractivity contribution in [3.05, 3.63) is 0 Å². The minimum atomic E-state index is -0.460. The van der Waals surface area contributed by atoms with Gasteiger partial charge in [0, 0.05) is 5.71 Å². The third-order valence-electron chi connectivity index (χ3n) is 2.33. The predicted octanol–water partition coefficient (Wildman–Crippen LogP) is 2.30. The number of carbonyl (C=O) groups is 1. The van der Waals surface area contributed by atoms with Gasteiger partial charge in [0.15, 0.2) is 0 Å². The minimum absolute atomic E-state index is 0.382. The van der Waals surface area contributed by atoms with Crippen LogP contribution in [0.5, 0.6) is 0 Å². The van der Waals surface area contributed by atoms with Crippen LogP contribution in [0.1, 0.15) is 39.5 Å². The van der Waals surface area contributed by atoms with Crippen LogP contribution in [-0.2, 0) is 4.74 Å². The SMILES string of the molecule is CCOC(=O)N/N=C1/CCC[C@H](C)C1. The van der Waals surface area contributed by atoms with Crippen molar-refractivity contribution in [2.24, 2.45) is 11.0 Å². The maximum atomic E-state index is 10.9. The molecule has 0 radical (unpaired) electrons. The third-order valence-corrected chi connectivity index (χ3v) is 2.33. The first-order chi connectivity index (χ1) is 6.72. The molecule has 0 aliphatic heterocycles. The standard InChI is InChI=1S/C10H18N2O2/c1-3-14-10(13)12-11-9-6-4-5-8(2)7-9/h8H,3-7H2,1-2H3,(H,12,13)/b11-9-/t8-/m0/s1. The summed E-state index contributed by atoms with van der Waals surface area (Å²) >= 11 is 0. The Kier molecular flexibility index (Phi) is 4.43. The van der Waals surface area contributed by atoms with Crippen LogP contribution in [0.2, 0.25) is 0 Å². The summed E-state index contributed by atoms with van der Waals surface area (Å²) in [5, 5.41) is 4.04. The molecule has 1 rings (SSSR count). The Morgan fingerprint density at radius 2 is 2.50 bits per heavy atom. The number of hydrogen-bond acceptors (Lipinski definition) is 3. The summed E-state index contributed by atoms with van der Waals surface area (Å²) in [6, 6.07) is 0. The molecule has 0 aromatic carbocycles. The molecule has 0 bridgehead atoms. The number of carbonyl (C=O) groups excluding carboxylic acids is 1. The van der Waals surface area contributed by atoms with Gasteiger partial charge in [0.05, 0.1) is 6.61 Å². The molecule has 1 N–H and O–H groups in total. The Balaban J connectivity index is 2.32. The Labute approximate surface area is 84.7 Å². The first-order valence-electron chi connectivity index (χ1n) is 5.20. The zero-order valence-electron chi connectivity index (χ0n) is 8.88. The molecule has 1 saturated carbocycles. The molecule has 1 fully saturated rings. The normalized spacial score (nSPS) is 24.7. The molecule has 80 valence electrons. The summed E-state index contributed by atoms with van der Waals surface area (Å²) < 4.78 is 4.70. The zero-order chi connectivity index (χ0) is 10.4. The first kappa shape index (κ1) is 11.0. The van der Waals surface area contributed by atoms with Gasteiger partial charge < -0.3 is 4.74 Å². The fraction of sp³-hybridized carbons (Fsp3) is 0.800. The number of hydrogen-bond donors (Lipinski definition) is 1. The van der Waals surface area contributed by atoms with Gasteiger partial charge in [-0.3, -0.25) is 0 Å². The highest BCUT2D eigenvalue weighted by atomic mass is 16.5. The van der Waals surface area contributed by atoms with Crippen LogP contribution in [0.25, 0.3) is 0 Å². The molecule has 0 aromatic rings. The van der Waals surface area contributed by atoms with E-state index in [1.807, 2.05) is 0 Å². The fourth-order valence-electron chi connectivity index (χ4n) is 1.65. The lowest BCUT2D eigenvalue weighted by atomic mass is 9.89. The van der Waals surface area contributed by atoms with Crippen molar-refractivity contribution >= 4 is 11.8 Å². The molecule has 0 aromatic heterocycles. The number of hydrazone groups is 1. The van der Waals surface area contributed by atoms with E-state index in [1.54, 1.807) is 6.92 Å². The summed E-state index contributed by atoms with van der Waals surface area (Å²) in [5.41, 5.74) is 3.48. The van der Waals surface area contributed by atoms with Crippen molar-refractivity contribution in [3.63, 3.8) is 0 Å². The smallest absolute Gasteiger partial charge is 0.427 e. The summed E-state index contributed by atoms with van der Waals surface area (Å²) in [4.78, 5) is 10.9. The second kappa shape index (κ2) is 5.62. The van der Waals surface area contributed by atoms with Crippen molar-refractivity contribution in [1.29, 1.82) is 0 Å². The van der Waals surface area contributed by atoms with Gasteiger partial charge in [0.1, 0.15) is 0 Å². The van der Waals surface area contributed by atoms with Crippen molar-refractivity contribution < 1.29 is 9.53 Å². The Morgan fingerprint density at radius 1 is 1.71 bits per heavy atom. The number of nitrogens with zero attached hydrogens (tertiary/aromatic N) is 1. The summed E-state index contributed by atoms with van der Waals surface area (Å²) in [5.74, 6) is 0.687. The maximum Gasteiger partial charge on any atom is 0.427 e. The molecule has 0 unspecified atom stereocenters. The average Bonchev–Trinajstić information content (AvgIpc) is 2.15. The van der Waals surface area contributed by atoms with E-state index in [2.05, 4.69) is 17.5 Å². The number of amides is 1. The molecule has 1 amide bonds. The Bertz CT molecular complexity index is 226. The molecule has 1 aliphatic carbocycles. The zero-order valence-corrected chi connectivity index (χ0v) is 8.88. The topological polar surface area (TPSA) is 50.7 Å². The number of ether oxygens (including phenoxy) is 1. The van der Waals surface area contributed by atoms with Gasteiger partial charge in [0.2, 0.25) is 0 Å². The highest BCUT2D eigenvalue weighted by Gasteiger charge is 2.14. The second-order valence-electron chi connectivity index (χ2n) is 3.71. The van der Waals surface area contributed by atoms with Crippen LogP contribution in [0, 0.1) is 5.92 Å². The molecule has 0 spiro atoms. The van der Waals surface area contributed by atoms with E-state index in [9.17, 15) is 4.79 Å². The average molecular weight is 198 g/mol. The van der Waals surface area contributed by atoms with Gasteiger partial charge in [-0.05, 0) is 38.5 Å². The van der Waals surface area contributed by atoms with E-state index in [4.69, 9.17) is 4.74 Å². The Hall–Kier alpha value is -1.06. The second-order valence-corrected chi connectivity index (χ2v) is 3.71.